The van der Waals surface area contributed by atoms with E-state index in [4.69, 9.17) is 0 Å². The Balaban J connectivity index is 0.0000000868. The molecule has 24 aromatic rings. The van der Waals surface area contributed by atoms with Crippen molar-refractivity contribution < 1.29 is 0 Å². The van der Waals surface area contributed by atoms with E-state index in [2.05, 4.69) is 505 Å². The minimum atomic E-state index is 0.0965. The van der Waals surface area contributed by atoms with Crippen molar-refractivity contribution in [3.63, 3.8) is 0 Å². The van der Waals surface area contributed by atoms with Crippen LogP contribution in [0.4, 0.5) is 0 Å². The third kappa shape index (κ3) is 13.9. The highest BCUT2D eigenvalue weighted by molar-refractivity contribution is 6.12. The smallest absolute Gasteiger partial charge is 0.0579 e. The van der Waals surface area contributed by atoms with Crippen LogP contribution in [0, 0.1) is 0 Å². The Bertz CT molecular complexity index is 8720. The monoisotopic (exact) mass is 1720 g/mol. The van der Waals surface area contributed by atoms with Crippen molar-refractivity contribution in [1.29, 1.82) is 0 Å². The van der Waals surface area contributed by atoms with E-state index in [9.17, 15) is 0 Å². The van der Waals surface area contributed by atoms with E-state index in [1.807, 2.05) is 0 Å². The zero-order valence-corrected chi connectivity index (χ0v) is 75.6. The maximum absolute atomic E-state index is 2.42. The first-order valence-corrected chi connectivity index (χ1v) is 47.5. The SMILES string of the molecule is CC1(C)c2ccccc2-c2ccc3c(c21)Cc1ccccc1-3.c1ccc(-n2c3c(c4ccccc42)-c2ccccc2C3)cc1.c1ccc(-n2c3c(c4ccccc42)Cc2ccccc2-3)cc1.c1ccc(-n2c3ccccc3c3cc4c(cc32)-c2ccccc2C4)cc1.c1ccc(Cc2ccc3c(c2)c2ccccc2n3-c2ccccc2)cc1.c1ccc2c(c1)Cc1ccc3ccccc3c1-2. The number of benzene rings is 20. The zero-order chi connectivity index (χ0) is 89.6. The molecule has 0 spiro atoms. The molecule has 0 atom stereocenters. The van der Waals surface area contributed by atoms with Crippen LogP contribution >= 0.6 is 0 Å². The summed E-state index contributed by atoms with van der Waals surface area (Å²) in [5, 5.41) is 10.7. The lowest BCUT2D eigenvalue weighted by atomic mass is 9.79. The fraction of sp³-hybridized carbons (Fsp3) is 0.0687. The van der Waals surface area contributed by atoms with Gasteiger partial charge in [-0.2, -0.15) is 0 Å². The van der Waals surface area contributed by atoms with Crippen LogP contribution in [0.1, 0.15) is 91.9 Å². The standard InChI is InChI=1S/C25H17N.C25H19N.C22H18.2C21H15N.C17H12/c1-2-9-19(10-3-1)26-24-13-7-6-12-21(24)23-15-18-14-17-8-4-5-11-20(17)22(18)16-25(23)26;1-3-9-19(10-4-1)17-20-15-16-25-23(18-20)22-13-7-8-14-24(22)26(25)21-11-5-2-6-12-21;1-22(2)20-10-6-5-9-17(20)18-12-11-16-15-8-4-3-7-14(15)13-19(16)21(18)22;1-2-9-16(10-3-1)22-20-13-7-6-12-18(20)19-14-15-8-4-5-11-17(15)21(19)22;1-2-9-16(10-3-1)22-19-13-7-6-12-18(19)21-17-11-5-4-8-15(17)14-20(21)22;1-3-7-15-12(5-1)9-10-14-11-13-6-2-4-8-16(13)17(14)15/h1-13,15-16H,14H2;1-16,18H,17H2;3-12H,13H2,1-2H3;2*1-13H,14H2;1-10H,11H2. The van der Waals surface area contributed by atoms with Crippen LogP contribution < -0.4 is 0 Å². The van der Waals surface area contributed by atoms with Crippen LogP contribution in [0.15, 0.2) is 473 Å². The molecule has 4 aromatic heterocycles. The van der Waals surface area contributed by atoms with Gasteiger partial charge in [-0.05, 0) is 256 Å². The average molecular weight is 1730 g/mol. The molecular weight excluding hydrogens is 1630 g/mol. The molecule has 135 heavy (non-hydrogen) atoms. The van der Waals surface area contributed by atoms with E-state index in [0.29, 0.717) is 0 Å². The van der Waals surface area contributed by atoms with Gasteiger partial charge in [0, 0.05) is 90.1 Å². The quantitative estimate of drug-likeness (QED) is 0.158. The third-order valence-electron chi connectivity index (χ3n) is 29.1. The number of aromatic nitrogens is 4. The summed E-state index contributed by atoms with van der Waals surface area (Å²) in [6.45, 7) is 4.75. The highest BCUT2D eigenvalue weighted by atomic mass is 15.0. The van der Waals surface area contributed by atoms with Crippen LogP contribution in [-0.4, -0.2) is 18.3 Å². The largest absolute Gasteiger partial charge is 0.313 e. The summed E-state index contributed by atoms with van der Waals surface area (Å²) in [6, 6.07) is 171. The highest BCUT2D eigenvalue weighted by Gasteiger charge is 2.40. The highest BCUT2D eigenvalue weighted by Crippen LogP contribution is 2.55. The molecule has 0 saturated carbocycles. The van der Waals surface area contributed by atoms with Gasteiger partial charge in [0.2, 0.25) is 0 Å². The lowest BCUT2D eigenvalue weighted by Gasteiger charge is -2.24. The van der Waals surface area contributed by atoms with Gasteiger partial charge in [-0.3, -0.25) is 0 Å². The molecule has 4 heteroatoms. The Hall–Kier alpha value is -16.7. The van der Waals surface area contributed by atoms with Gasteiger partial charge < -0.3 is 18.3 Å². The molecule has 30 rings (SSSR count). The number of para-hydroxylation sites is 8. The van der Waals surface area contributed by atoms with E-state index in [-0.39, 0.29) is 5.41 Å². The fourth-order valence-electron chi connectivity index (χ4n) is 23.2. The molecule has 4 heterocycles. The van der Waals surface area contributed by atoms with Crippen molar-refractivity contribution in [1.82, 2.24) is 18.3 Å². The molecule has 6 aliphatic carbocycles. The molecule has 0 bridgehead atoms. The molecule has 20 aromatic carbocycles. The Morgan fingerprint density at radius 3 is 1.24 bits per heavy atom. The van der Waals surface area contributed by atoms with Crippen LogP contribution in [0.2, 0.25) is 0 Å². The predicted molar refractivity (Wildman–Crippen MR) is 567 cm³/mol. The molecule has 0 amide bonds. The van der Waals surface area contributed by atoms with Gasteiger partial charge in [0.1, 0.15) is 0 Å². The van der Waals surface area contributed by atoms with Gasteiger partial charge >= 0.3 is 0 Å². The van der Waals surface area contributed by atoms with Crippen molar-refractivity contribution in [2.24, 2.45) is 0 Å². The molecule has 0 saturated heterocycles. The van der Waals surface area contributed by atoms with Gasteiger partial charge in [0.15, 0.2) is 0 Å². The zero-order valence-electron chi connectivity index (χ0n) is 75.6. The maximum atomic E-state index is 2.42. The summed E-state index contributed by atoms with van der Waals surface area (Å²) in [7, 11) is 0. The summed E-state index contributed by atoms with van der Waals surface area (Å²) in [5.41, 5.74) is 49.8. The Morgan fingerprint density at radius 1 is 0.207 bits per heavy atom. The minimum Gasteiger partial charge on any atom is -0.313 e. The van der Waals surface area contributed by atoms with E-state index < -0.39 is 0 Å². The van der Waals surface area contributed by atoms with Crippen LogP contribution in [0.3, 0.4) is 0 Å². The van der Waals surface area contributed by atoms with E-state index in [0.717, 1.165) is 38.5 Å². The van der Waals surface area contributed by atoms with E-state index >= 15 is 0 Å². The van der Waals surface area contributed by atoms with Gasteiger partial charge in [-0.25, -0.2) is 0 Å². The summed E-state index contributed by atoms with van der Waals surface area (Å²) in [6.07, 6.45) is 6.19. The molecule has 0 radical (unpaired) electrons. The third-order valence-corrected chi connectivity index (χ3v) is 29.1. The number of nitrogens with zero attached hydrogens (tertiary/aromatic N) is 4. The van der Waals surface area contributed by atoms with Gasteiger partial charge in [-0.1, -0.05) is 390 Å². The molecule has 6 aliphatic rings. The molecule has 4 nitrogen and oxygen atoms in total. The predicted octanol–water partition coefficient (Wildman–Crippen LogP) is 33.1. The van der Waals surface area contributed by atoms with Crippen molar-refractivity contribution in [2.75, 3.05) is 0 Å². The second-order valence-corrected chi connectivity index (χ2v) is 37.1. The first-order valence-electron chi connectivity index (χ1n) is 47.5. The van der Waals surface area contributed by atoms with Crippen molar-refractivity contribution in [2.45, 2.75) is 57.8 Å². The second-order valence-electron chi connectivity index (χ2n) is 37.1. The fourth-order valence-corrected chi connectivity index (χ4v) is 23.2. The Labute approximate surface area is 787 Å². The molecule has 0 unspecified atom stereocenters. The van der Waals surface area contributed by atoms with Crippen LogP contribution in [0.5, 0.6) is 0 Å². The first-order chi connectivity index (χ1) is 66.8. The average Bonchev–Trinajstić information content (AvgIpc) is 1.56. The first kappa shape index (κ1) is 80.4. The maximum Gasteiger partial charge on any atom is 0.0579 e. The van der Waals surface area contributed by atoms with E-state index in [1.165, 1.54) is 233 Å². The van der Waals surface area contributed by atoms with Gasteiger partial charge in [0.05, 0.1) is 38.8 Å². The Morgan fingerprint density at radius 2 is 0.615 bits per heavy atom. The lowest BCUT2D eigenvalue weighted by molar-refractivity contribution is 0.654. The normalized spacial score (nSPS) is 12.8. The second kappa shape index (κ2) is 33.6. The number of fused-ring (bicyclic) bond motifs is 31. The molecule has 640 valence electrons. The van der Waals surface area contributed by atoms with E-state index in [1.54, 1.807) is 11.1 Å². The van der Waals surface area contributed by atoms with Crippen molar-refractivity contribution in [3.8, 4) is 89.6 Å². The van der Waals surface area contributed by atoms with Crippen molar-refractivity contribution >= 4 is 76.2 Å². The minimum absolute atomic E-state index is 0.0965. The van der Waals surface area contributed by atoms with Gasteiger partial charge in [-0.15, -0.1) is 0 Å². The topological polar surface area (TPSA) is 19.7 Å². The summed E-state index contributed by atoms with van der Waals surface area (Å²) >= 11 is 0. The summed E-state index contributed by atoms with van der Waals surface area (Å²) < 4.78 is 9.59. The number of hydrogen-bond acceptors (Lipinski definition) is 0. The van der Waals surface area contributed by atoms with Crippen LogP contribution in [0.25, 0.3) is 166 Å². The molecular formula is C131H96N4. The van der Waals surface area contributed by atoms with Crippen molar-refractivity contribution in [3.05, 3.63) is 551 Å². The molecule has 0 fully saturated rings. The lowest BCUT2D eigenvalue weighted by Crippen LogP contribution is -2.17. The van der Waals surface area contributed by atoms with Gasteiger partial charge in [0.25, 0.3) is 0 Å². The van der Waals surface area contributed by atoms with Crippen LogP contribution in [-0.2, 0) is 43.9 Å². The number of rotatable bonds is 6. The molecule has 0 N–H and O–H groups in total. The Kier molecular flexibility index (Phi) is 20.0. The summed E-state index contributed by atoms with van der Waals surface area (Å²) in [5.74, 6) is 0. The molecule has 0 aliphatic heterocycles. The summed E-state index contributed by atoms with van der Waals surface area (Å²) in [4.78, 5) is 0. The number of hydrogen-bond donors (Lipinski definition) is 0.